The quantitative estimate of drug-likeness (QED) is 0.533. The van der Waals surface area contributed by atoms with Crippen LogP contribution in [0.2, 0.25) is 0 Å². The average molecular weight is 454 g/mol. The first kappa shape index (κ1) is 15.7. The van der Waals surface area contributed by atoms with Crippen LogP contribution < -0.4 is 0 Å². The first-order valence-corrected chi connectivity index (χ1v) is 6.74. The summed E-state index contributed by atoms with van der Waals surface area (Å²) in [6.45, 7) is 4.30. The number of hydrogen-bond acceptors (Lipinski definition) is 1. The van der Waals surface area contributed by atoms with Crippen molar-refractivity contribution in [2.45, 2.75) is 13.8 Å². The third-order valence-electron chi connectivity index (χ3n) is 3.58. The molecule has 109 valence electrons. The van der Waals surface area contributed by atoms with Crippen molar-refractivity contribution in [2.24, 2.45) is 7.05 Å². The summed E-state index contributed by atoms with van der Waals surface area (Å²) < 4.78 is 1.82. The van der Waals surface area contributed by atoms with Gasteiger partial charge in [-0.3, -0.25) is 4.68 Å². The van der Waals surface area contributed by atoms with E-state index in [9.17, 15) is 0 Å². The van der Waals surface area contributed by atoms with E-state index in [1.165, 1.54) is 22.3 Å². The van der Waals surface area contributed by atoms with Gasteiger partial charge in [0.05, 0.1) is 0 Å². The molecule has 1 radical (unpaired) electrons. The van der Waals surface area contributed by atoms with E-state index < -0.39 is 0 Å². The van der Waals surface area contributed by atoms with Crippen LogP contribution in [0.3, 0.4) is 0 Å². The van der Waals surface area contributed by atoms with Gasteiger partial charge in [-0.05, 0) is 13.8 Å². The molecule has 2 nitrogen and oxygen atoms in total. The van der Waals surface area contributed by atoms with Gasteiger partial charge in [-0.2, -0.15) is 0 Å². The molecule has 0 aliphatic carbocycles. The summed E-state index contributed by atoms with van der Waals surface area (Å²) in [7, 11) is 1.94. The molecule has 21 heavy (non-hydrogen) atoms. The zero-order valence-corrected chi connectivity index (χ0v) is 14.7. The van der Waals surface area contributed by atoms with Gasteiger partial charge in [0.15, 0.2) is 0 Å². The summed E-state index contributed by atoms with van der Waals surface area (Å²) in [4.78, 5) is 0. The van der Waals surface area contributed by atoms with Gasteiger partial charge in [0, 0.05) is 39.0 Å². The molecule has 0 amide bonds. The molecular weight excluding hydrogens is 436 g/mol. The molecule has 0 saturated heterocycles. The molecule has 1 heterocycles. The van der Waals surface area contributed by atoms with Crippen LogP contribution in [0, 0.1) is 19.9 Å². The Morgan fingerprint density at radius 1 is 1.00 bits per heavy atom. The second-order valence-corrected chi connectivity index (χ2v) is 5.10. The second-order valence-electron chi connectivity index (χ2n) is 5.10. The SMILES string of the molecule is Cc1cccc(C)c1-c1ccc[c-]c1-c1ccn(C)n1.[Ir]. The Bertz CT molecular complexity index is 739. The van der Waals surface area contributed by atoms with E-state index in [4.69, 9.17) is 0 Å². The van der Waals surface area contributed by atoms with Gasteiger partial charge in [0.1, 0.15) is 0 Å². The van der Waals surface area contributed by atoms with Gasteiger partial charge in [0.25, 0.3) is 0 Å². The molecule has 3 rings (SSSR count). The van der Waals surface area contributed by atoms with Gasteiger partial charge in [-0.1, -0.05) is 46.5 Å². The maximum Gasteiger partial charge on any atom is 0.0288 e. The minimum Gasteiger partial charge on any atom is -0.285 e. The van der Waals surface area contributed by atoms with E-state index >= 15 is 0 Å². The van der Waals surface area contributed by atoms with Crippen molar-refractivity contribution in [1.82, 2.24) is 9.78 Å². The molecular formula is C18H17IrN2-. The van der Waals surface area contributed by atoms with Crippen molar-refractivity contribution in [2.75, 3.05) is 0 Å². The first-order valence-electron chi connectivity index (χ1n) is 6.74. The van der Waals surface area contributed by atoms with Crippen LogP contribution in [-0.2, 0) is 27.2 Å². The van der Waals surface area contributed by atoms with Crippen molar-refractivity contribution < 1.29 is 20.1 Å². The number of aromatic nitrogens is 2. The largest absolute Gasteiger partial charge is 0.285 e. The van der Waals surface area contributed by atoms with Crippen LogP contribution in [0.4, 0.5) is 0 Å². The Kier molecular flexibility index (Phi) is 4.76. The second kappa shape index (κ2) is 6.38. The summed E-state index contributed by atoms with van der Waals surface area (Å²) in [6, 6.07) is 17.9. The summed E-state index contributed by atoms with van der Waals surface area (Å²) in [5.74, 6) is 0. The van der Waals surface area contributed by atoms with E-state index in [-0.39, 0.29) is 20.1 Å². The van der Waals surface area contributed by atoms with Crippen LogP contribution >= 0.6 is 0 Å². The predicted octanol–water partition coefficient (Wildman–Crippen LogP) is 4.17. The Balaban J connectivity index is 0.00000161. The predicted molar refractivity (Wildman–Crippen MR) is 82.4 cm³/mol. The van der Waals surface area contributed by atoms with Crippen LogP contribution in [0.25, 0.3) is 22.4 Å². The van der Waals surface area contributed by atoms with Gasteiger partial charge >= 0.3 is 0 Å². The Labute approximate surface area is 139 Å². The average Bonchev–Trinajstić information content (AvgIpc) is 2.86. The van der Waals surface area contributed by atoms with E-state index in [2.05, 4.69) is 49.3 Å². The topological polar surface area (TPSA) is 17.8 Å². The minimum absolute atomic E-state index is 0. The summed E-state index contributed by atoms with van der Waals surface area (Å²) >= 11 is 0. The molecule has 0 fully saturated rings. The minimum atomic E-state index is 0. The van der Waals surface area contributed by atoms with Crippen molar-refractivity contribution in [3.05, 3.63) is 65.9 Å². The summed E-state index contributed by atoms with van der Waals surface area (Å²) in [5, 5.41) is 4.51. The Morgan fingerprint density at radius 2 is 1.71 bits per heavy atom. The number of nitrogens with zero attached hydrogens (tertiary/aromatic N) is 2. The van der Waals surface area contributed by atoms with E-state index in [0.717, 1.165) is 11.3 Å². The molecule has 2 aromatic carbocycles. The first-order chi connectivity index (χ1) is 9.66. The molecule has 0 aliphatic heterocycles. The number of benzene rings is 2. The van der Waals surface area contributed by atoms with E-state index in [1.54, 1.807) is 0 Å². The van der Waals surface area contributed by atoms with Crippen LogP contribution in [0.5, 0.6) is 0 Å². The summed E-state index contributed by atoms with van der Waals surface area (Å²) in [5.41, 5.74) is 7.06. The van der Waals surface area contributed by atoms with Gasteiger partial charge in [-0.15, -0.1) is 29.8 Å². The summed E-state index contributed by atoms with van der Waals surface area (Å²) in [6.07, 6.45) is 1.96. The van der Waals surface area contributed by atoms with Crippen molar-refractivity contribution in [3.8, 4) is 22.4 Å². The molecule has 1 aromatic heterocycles. The maximum atomic E-state index is 4.51. The third-order valence-corrected chi connectivity index (χ3v) is 3.58. The van der Waals surface area contributed by atoms with Gasteiger partial charge in [-0.25, -0.2) is 5.10 Å². The fraction of sp³-hybridized carbons (Fsp3) is 0.167. The van der Waals surface area contributed by atoms with Crippen LogP contribution in [0.1, 0.15) is 11.1 Å². The molecule has 0 atom stereocenters. The van der Waals surface area contributed by atoms with E-state index in [0.29, 0.717) is 0 Å². The fourth-order valence-corrected chi connectivity index (χ4v) is 2.64. The van der Waals surface area contributed by atoms with Gasteiger partial charge < -0.3 is 0 Å². The zero-order valence-electron chi connectivity index (χ0n) is 12.3. The molecule has 3 heteroatoms. The van der Waals surface area contributed by atoms with Gasteiger partial charge in [0.2, 0.25) is 0 Å². The number of rotatable bonds is 2. The molecule has 0 unspecified atom stereocenters. The molecule has 0 saturated carbocycles. The van der Waals surface area contributed by atoms with Crippen molar-refractivity contribution >= 4 is 0 Å². The van der Waals surface area contributed by atoms with Crippen molar-refractivity contribution in [1.29, 1.82) is 0 Å². The molecule has 3 aromatic rings. The standard InChI is InChI=1S/C18H17N2.Ir/c1-13-7-6-8-14(2)18(13)16-10-5-4-9-15(16)17-11-12-20(3)19-17;/h4-8,10-12H,1-3H3;/q-1;. The van der Waals surface area contributed by atoms with Crippen LogP contribution in [-0.4, -0.2) is 9.78 Å². The fourth-order valence-electron chi connectivity index (χ4n) is 2.64. The molecule has 0 N–H and O–H groups in total. The smallest absolute Gasteiger partial charge is 0.0288 e. The third kappa shape index (κ3) is 2.99. The maximum absolute atomic E-state index is 4.51. The van der Waals surface area contributed by atoms with Crippen molar-refractivity contribution in [3.63, 3.8) is 0 Å². The monoisotopic (exact) mass is 454 g/mol. The zero-order chi connectivity index (χ0) is 14.1. The number of aryl methyl sites for hydroxylation is 3. The Morgan fingerprint density at radius 3 is 2.33 bits per heavy atom. The number of hydrogen-bond donors (Lipinski definition) is 0. The Hall–Kier alpha value is -1.70. The van der Waals surface area contributed by atoms with E-state index in [1.807, 2.05) is 36.1 Å². The molecule has 0 bridgehead atoms. The molecule has 0 spiro atoms. The normalized spacial score (nSPS) is 10.2. The molecule has 0 aliphatic rings. The van der Waals surface area contributed by atoms with Crippen LogP contribution in [0.15, 0.2) is 48.7 Å².